The summed E-state index contributed by atoms with van der Waals surface area (Å²) in [6, 6.07) is 21.4. The molecule has 7 nitrogen and oxygen atoms in total. The number of carbonyl (C=O) groups is 1. The highest BCUT2D eigenvalue weighted by atomic mass is 16.5. The molecule has 0 aliphatic rings. The molecule has 1 N–H and O–H groups in total. The van der Waals surface area contributed by atoms with E-state index in [-0.39, 0.29) is 17.1 Å². The van der Waals surface area contributed by atoms with Crippen molar-refractivity contribution in [3.05, 3.63) is 77.9 Å². The fourth-order valence-corrected chi connectivity index (χ4v) is 4.91. The van der Waals surface area contributed by atoms with Crippen LogP contribution in [0.1, 0.15) is 83.1 Å². The SMILES string of the molecule is CCC(C)(C)Oc1ccc(CCCCNC(=O)c2cc(-c3ccc(OC)c(OC)c3)nc3ccccc23)c(OC(C)(C)CC)c1. The number of para-hydroxylation sites is 1. The predicted octanol–water partition coefficient (Wildman–Crippen LogP) is 8.81. The third kappa shape index (κ3) is 8.68. The van der Waals surface area contributed by atoms with E-state index in [4.69, 9.17) is 23.9 Å². The lowest BCUT2D eigenvalue weighted by atomic mass is 10.0. The van der Waals surface area contributed by atoms with Gasteiger partial charge in [0.2, 0.25) is 0 Å². The third-order valence-corrected chi connectivity index (χ3v) is 8.32. The van der Waals surface area contributed by atoms with Gasteiger partial charge in [-0.1, -0.05) is 38.1 Å². The summed E-state index contributed by atoms with van der Waals surface area (Å²) >= 11 is 0. The van der Waals surface area contributed by atoms with Gasteiger partial charge < -0.3 is 24.3 Å². The number of rotatable bonds is 15. The van der Waals surface area contributed by atoms with Crippen LogP contribution in [-0.2, 0) is 6.42 Å². The second kappa shape index (κ2) is 14.7. The first-order valence-corrected chi connectivity index (χ1v) is 15.9. The summed E-state index contributed by atoms with van der Waals surface area (Å²) < 4.78 is 23.6. The highest BCUT2D eigenvalue weighted by Gasteiger charge is 2.22. The Morgan fingerprint density at radius 3 is 2.20 bits per heavy atom. The summed E-state index contributed by atoms with van der Waals surface area (Å²) in [5, 5.41) is 3.95. The molecule has 7 heteroatoms. The number of benzene rings is 3. The Kier molecular flexibility index (Phi) is 11.0. The smallest absolute Gasteiger partial charge is 0.252 e. The van der Waals surface area contributed by atoms with E-state index in [9.17, 15) is 4.79 Å². The maximum Gasteiger partial charge on any atom is 0.252 e. The number of unbranched alkanes of at least 4 members (excludes halogenated alkanes) is 1. The van der Waals surface area contributed by atoms with Gasteiger partial charge in [-0.3, -0.25) is 4.79 Å². The summed E-state index contributed by atoms with van der Waals surface area (Å²) in [6.07, 6.45) is 4.36. The van der Waals surface area contributed by atoms with Crippen LogP contribution in [0.5, 0.6) is 23.0 Å². The number of hydrogen-bond donors (Lipinski definition) is 1. The summed E-state index contributed by atoms with van der Waals surface area (Å²) in [5.41, 5.74) is 3.48. The molecule has 0 fully saturated rings. The van der Waals surface area contributed by atoms with E-state index >= 15 is 0 Å². The van der Waals surface area contributed by atoms with Crippen LogP contribution in [0.25, 0.3) is 22.2 Å². The van der Waals surface area contributed by atoms with Gasteiger partial charge in [0, 0.05) is 23.6 Å². The Labute approximate surface area is 268 Å². The largest absolute Gasteiger partial charge is 0.493 e. The van der Waals surface area contributed by atoms with E-state index in [1.54, 1.807) is 14.2 Å². The average molecular weight is 613 g/mol. The minimum atomic E-state index is -0.287. The molecule has 0 bridgehead atoms. The average Bonchev–Trinajstić information content (AvgIpc) is 3.04. The quantitative estimate of drug-likeness (QED) is 0.135. The van der Waals surface area contributed by atoms with Gasteiger partial charge in [-0.05, 0) is 102 Å². The van der Waals surface area contributed by atoms with Gasteiger partial charge >= 0.3 is 0 Å². The van der Waals surface area contributed by atoms with Crippen molar-refractivity contribution >= 4 is 16.8 Å². The van der Waals surface area contributed by atoms with E-state index < -0.39 is 0 Å². The molecule has 4 aromatic rings. The fraction of sp³-hybridized carbons (Fsp3) is 0.421. The van der Waals surface area contributed by atoms with Gasteiger partial charge in [-0.2, -0.15) is 0 Å². The number of nitrogens with one attached hydrogen (secondary N) is 1. The summed E-state index contributed by atoms with van der Waals surface area (Å²) in [5.74, 6) is 2.80. The highest BCUT2D eigenvalue weighted by molar-refractivity contribution is 6.07. The van der Waals surface area contributed by atoms with E-state index in [0.717, 1.165) is 65.6 Å². The first-order chi connectivity index (χ1) is 21.5. The Morgan fingerprint density at radius 2 is 1.49 bits per heavy atom. The fourth-order valence-electron chi connectivity index (χ4n) is 4.91. The molecule has 240 valence electrons. The Bertz CT molecular complexity index is 1610. The van der Waals surface area contributed by atoms with Crippen LogP contribution in [0.15, 0.2) is 66.7 Å². The minimum Gasteiger partial charge on any atom is -0.493 e. The van der Waals surface area contributed by atoms with Gasteiger partial charge in [-0.25, -0.2) is 4.98 Å². The van der Waals surface area contributed by atoms with Crippen molar-refractivity contribution in [2.45, 2.75) is 84.8 Å². The first-order valence-electron chi connectivity index (χ1n) is 15.9. The molecule has 3 aromatic carbocycles. The Hall–Kier alpha value is -4.26. The molecule has 0 atom stereocenters. The Morgan fingerprint density at radius 1 is 0.778 bits per heavy atom. The molecule has 1 amide bonds. The number of amides is 1. The molecule has 0 aliphatic heterocycles. The second-order valence-electron chi connectivity index (χ2n) is 12.6. The van der Waals surface area contributed by atoms with Crippen LogP contribution in [0.4, 0.5) is 0 Å². The van der Waals surface area contributed by atoms with E-state index in [1.807, 2.05) is 60.7 Å². The van der Waals surface area contributed by atoms with Crippen molar-refractivity contribution < 1.29 is 23.7 Å². The van der Waals surface area contributed by atoms with E-state index in [2.05, 4.69) is 52.9 Å². The van der Waals surface area contributed by atoms with Gasteiger partial charge in [0.05, 0.1) is 31.0 Å². The van der Waals surface area contributed by atoms with Crippen LogP contribution in [0, 0.1) is 0 Å². The Balaban J connectivity index is 1.45. The zero-order valence-corrected chi connectivity index (χ0v) is 28.1. The van der Waals surface area contributed by atoms with Crippen molar-refractivity contribution in [2.24, 2.45) is 0 Å². The maximum atomic E-state index is 13.5. The minimum absolute atomic E-state index is 0.121. The van der Waals surface area contributed by atoms with Crippen LogP contribution in [0.2, 0.25) is 0 Å². The molecule has 4 rings (SSSR count). The lowest BCUT2D eigenvalue weighted by molar-refractivity contribution is 0.0942. The summed E-state index contributed by atoms with van der Waals surface area (Å²) in [4.78, 5) is 18.3. The third-order valence-electron chi connectivity index (χ3n) is 8.32. The maximum absolute atomic E-state index is 13.5. The molecule has 1 aromatic heterocycles. The van der Waals surface area contributed by atoms with E-state index in [0.29, 0.717) is 29.3 Å². The number of ether oxygens (including phenoxy) is 4. The molecule has 1 heterocycles. The molecule has 45 heavy (non-hydrogen) atoms. The number of hydrogen-bond acceptors (Lipinski definition) is 6. The molecule has 0 spiro atoms. The van der Waals surface area contributed by atoms with Gasteiger partial charge in [0.15, 0.2) is 11.5 Å². The molecule has 0 unspecified atom stereocenters. The topological polar surface area (TPSA) is 78.9 Å². The number of aryl methyl sites for hydroxylation is 1. The van der Waals surface area contributed by atoms with Crippen molar-refractivity contribution in [1.82, 2.24) is 10.3 Å². The van der Waals surface area contributed by atoms with Crippen LogP contribution < -0.4 is 24.3 Å². The molecule has 0 aliphatic carbocycles. The number of methoxy groups -OCH3 is 2. The van der Waals surface area contributed by atoms with Gasteiger partial charge in [-0.15, -0.1) is 0 Å². The van der Waals surface area contributed by atoms with Crippen molar-refractivity contribution in [3.63, 3.8) is 0 Å². The summed E-state index contributed by atoms with van der Waals surface area (Å²) in [6.45, 7) is 13.2. The van der Waals surface area contributed by atoms with Crippen molar-refractivity contribution in [3.8, 4) is 34.3 Å². The number of nitrogens with zero attached hydrogens (tertiary/aromatic N) is 1. The lowest BCUT2D eigenvalue weighted by Crippen LogP contribution is -2.28. The molecule has 0 saturated carbocycles. The standard InChI is InChI=1S/C38H48N2O5/c1-9-37(3,4)44-28-20-18-26(34(24-28)45-38(5,6)10-2)15-13-14-22-39-36(41)30-25-32(40-31-17-12-11-16-29(30)31)27-19-21-33(42-7)35(23-27)43-8/h11-12,16-21,23-25H,9-10,13-15,22H2,1-8H3,(H,39,41). The molecular formula is C38H48N2O5. The zero-order chi connectivity index (χ0) is 32.6. The molecule has 0 radical (unpaired) electrons. The molecule has 0 saturated heterocycles. The van der Waals surface area contributed by atoms with Crippen LogP contribution in [0.3, 0.4) is 0 Å². The van der Waals surface area contributed by atoms with Gasteiger partial charge in [0.25, 0.3) is 5.91 Å². The highest BCUT2D eigenvalue weighted by Crippen LogP contribution is 2.34. The normalized spacial score (nSPS) is 11.7. The van der Waals surface area contributed by atoms with Crippen LogP contribution >= 0.6 is 0 Å². The van der Waals surface area contributed by atoms with Crippen molar-refractivity contribution in [2.75, 3.05) is 20.8 Å². The molecular weight excluding hydrogens is 564 g/mol. The first kappa shape index (κ1) is 33.6. The predicted molar refractivity (Wildman–Crippen MR) is 182 cm³/mol. The monoisotopic (exact) mass is 612 g/mol. The van der Waals surface area contributed by atoms with E-state index in [1.165, 1.54) is 0 Å². The number of pyridine rings is 1. The van der Waals surface area contributed by atoms with Crippen LogP contribution in [-0.4, -0.2) is 42.9 Å². The number of carbonyl (C=O) groups excluding carboxylic acids is 1. The number of fused-ring (bicyclic) bond motifs is 1. The second-order valence-corrected chi connectivity index (χ2v) is 12.6. The van der Waals surface area contributed by atoms with Gasteiger partial charge in [0.1, 0.15) is 22.7 Å². The van der Waals surface area contributed by atoms with Crippen molar-refractivity contribution in [1.29, 1.82) is 0 Å². The number of aromatic nitrogens is 1. The lowest BCUT2D eigenvalue weighted by Gasteiger charge is -2.29. The summed E-state index contributed by atoms with van der Waals surface area (Å²) in [7, 11) is 3.21. The zero-order valence-electron chi connectivity index (χ0n) is 28.1.